The number of amides is 1. The summed E-state index contributed by atoms with van der Waals surface area (Å²) in [6.45, 7) is 14.1. The minimum atomic E-state index is -0.464. The first kappa shape index (κ1) is 24.2. The third-order valence-electron chi connectivity index (χ3n) is 5.29. The Kier molecular flexibility index (Phi) is 9.20. The van der Waals surface area contributed by atoms with E-state index in [0.717, 1.165) is 51.5 Å². The van der Waals surface area contributed by atoms with Crippen molar-refractivity contribution in [3.8, 4) is 0 Å². The van der Waals surface area contributed by atoms with Crippen LogP contribution < -0.4 is 5.32 Å². The molecule has 1 N–H and O–H groups in total. The second-order valence-corrected chi connectivity index (χ2v) is 8.82. The minimum absolute atomic E-state index is 0.0850. The molecule has 0 aromatic heterocycles. The second kappa shape index (κ2) is 11.4. The van der Waals surface area contributed by atoms with E-state index < -0.39 is 5.60 Å². The average molecular weight is 426 g/mol. The number of hydrogen-bond acceptors (Lipinski definition) is 6. The summed E-state index contributed by atoms with van der Waals surface area (Å²) < 4.78 is 10.6. The van der Waals surface area contributed by atoms with Gasteiger partial charge in [-0.2, -0.15) is 0 Å². The molecule has 2 rings (SSSR count). The summed E-state index contributed by atoms with van der Waals surface area (Å²) >= 11 is 0. The topological polar surface area (TPSA) is 86.7 Å². The summed E-state index contributed by atoms with van der Waals surface area (Å²) in [4.78, 5) is 34.9. The number of nitrogens with one attached hydrogen (secondary N) is 1. The van der Waals surface area contributed by atoms with Crippen molar-refractivity contribution in [2.24, 2.45) is 10.9 Å². The number of rotatable bonds is 5. The van der Waals surface area contributed by atoms with Crippen LogP contribution in [0.25, 0.3) is 0 Å². The molecular weight excluding hydrogens is 386 g/mol. The number of hydrogen-bond donors (Lipinski definition) is 1. The molecular formula is C21H39N5O4. The number of guanidine groups is 1. The fraction of sp³-hybridized carbons (Fsp3) is 0.857. The third-order valence-corrected chi connectivity index (χ3v) is 5.29. The molecule has 0 aromatic carbocycles. The van der Waals surface area contributed by atoms with Gasteiger partial charge in [0.25, 0.3) is 0 Å². The molecule has 0 bridgehead atoms. The molecule has 9 nitrogen and oxygen atoms in total. The van der Waals surface area contributed by atoms with Crippen LogP contribution >= 0.6 is 0 Å². The maximum Gasteiger partial charge on any atom is 0.410 e. The first-order chi connectivity index (χ1) is 14.2. The number of piperidine rings is 1. The fourth-order valence-electron chi connectivity index (χ4n) is 3.76. The summed E-state index contributed by atoms with van der Waals surface area (Å²) in [6.07, 6.45) is 1.59. The van der Waals surface area contributed by atoms with Crippen molar-refractivity contribution in [3.05, 3.63) is 0 Å². The number of carbonyl (C=O) groups is 2. The van der Waals surface area contributed by atoms with Crippen LogP contribution in [-0.4, -0.2) is 104 Å². The molecule has 0 saturated carbocycles. The van der Waals surface area contributed by atoms with Crippen molar-refractivity contribution in [2.75, 3.05) is 66.0 Å². The highest BCUT2D eigenvalue weighted by molar-refractivity contribution is 5.81. The van der Waals surface area contributed by atoms with Gasteiger partial charge in [0.15, 0.2) is 5.96 Å². The van der Waals surface area contributed by atoms with Crippen LogP contribution in [0.5, 0.6) is 0 Å². The van der Waals surface area contributed by atoms with Crippen LogP contribution in [-0.2, 0) is 14.3 Å². The van der Waals surface area contributed by atoms with Crippen molar-refractivity contribution in [2.45, 2.75) is 46.1 Å². The van der Waals surface area contributed by atoms with Crippen LogP contribution in [0.3, 0.4) is 0 Å². The van der Waals surface area contributed by atoms with E-state index in [-0.39, 0.29) is 18.0 Å². The molecule has 30 heavy (non-hydrogen) atoms. The number of aliphatic imine (C=N–C) groups is 1. The molecule has 2 fully saturated rings. The highest BCUT2D eigenvalue weighted by Crippen LogP contribution is 2.18. The maximum absolute atomic E-state index is 12.2. The van der Waals surface area contributed by atoms with Gasteiger partial charge in [-0.3, -0.25) is 14.7 Å². The average Bonchev–Trinajstić information content (AvgIpc) is 2.70. The number of ether oxygens (including phenoxy) is 2. The molecule has 0 spiro atoms. The molecule has 2 saturated heterocycles. The van der Waals surface area contributed by atoms with E-state index in [1.807, 2.05) is 27.7 Å². The summed E-state index contributed by atoms with van der Waals surface area (Å²) in [5.74, 6) is 0.634. The third kappa shape index (κ3) is 7.66. The zero-order valence-electron chi connectivity index (χ0n) is 19.3. The molecule has 9 heteroatoms. The van der Waals surface area contributed by atoms with Crippen molar-refractivity contribution in [1.82, 2.24) is 20.0 Å². The lowest BCUT2D eigenvalue weighted by molar-refractivity contribution is -0.149. The molecule has 2 aliphatic rings. The fourth-order valence-corrected chi connectivity index (χ4v) is 3.76. The quantitative estimate of drug-likeness (QED) is 0.405. The van der Waals surface area contributed by atoms with Gasteiger partial charge in [-0.05, 0) is 40.5 Å². The van der Waals surface area contributed by atoms with Gasteiger partial charge in [-0.15, -0.1) is 0 Å². The largest absolute Gasteiger partial charge is 0.466 e. The molecule has 1 amide bonds. The Morgan fingerprint density at radius 2 is 1.80 bits per heavy atom. The van der Waals surface area contributed by atoms with Gasteiger partial charge in [0.1, 0.15) is 5.60 Å². The number of likely N-dealkylation sites (tertiary alicyclic amines) is 1. The van der Waals surface area contributed by atoms with Gasteiger partial charge in [0.05, 0.1) is 12.5 Å². The Balaban J connectivity index is 1.71. The van der Waals surface area contributed by atoms with Crippen LogP contribution in [0.2, 0.25) is 0 Å². The van der Waals surface area contributed by atoms with Crippen molar-refractivity contribution >= 4 is 18.0 Å². The lowest BCUT2D eigenvalue weighted by Crippen LogP contribution is -2.52. The maximum atomic E-state index is 12.2. The highest BCUT2D eigenvalue weighted by atomic mass is 16.6. The lowest BCUT2D eigenvalue weighted by atomic mass is 9.98. The van der Waals surface area contributed by atoms with Crippen molar-refractivity contribution in [1.29, 1.82) is 0 Å². The number of piperazine rings is 1. The van der Waals surface area contributed by atoms with E-state index in [9.17, 15) is 9.59 Å². The lowest BCUT2D eigenvalue weighted by Gasteiger charge is -2.36. The van der Waals surface area contributed by atoms with E-state index in [4.69, 9.17) is 9.47 Å². The predicted molar refractivity (Wildman–Crippen MR) is 117 cm³/mol. The summed E-state index contributed by atoms with van der Waals surface area (Å²) in [6, 6.07) is 0. The number of esters is 1. The van der Waals surface area contributed by atoms with E-state index in [2.05, 4.69) is 20.1 Å². The molecule has 0 aromatic rings. The van der Waals surface area contributed by atoms with Crippen molar-refractivity contribution < 1.29 is 19.1 Å². The van der Waals surface area contributed by atoms with Gasteiger partial charge in [0.2, 0.25) is 0 Å². The first-order valence-corrected chi connectivity index (χ1v) is 11.1. The first-order valence-electron chi connectivity index (χ1n) is 11.1. The Labute approximate surface area is 180 Å². The molecule has 1 atom stereocenters. The number of carbonyl (C=O) groups excluding carboxylic acids is 2. The molecule has 1 unspecified atom stereocenters. The van der Waals surface area contributed by atoms with Gasteiger partial charge < -0.3 is 24.6 Å². The molecule has 2 heterocycles. The van der Waals surface area contributed by atoms with Gasteiger partial charge >= 0.3 is 12.1 Å². The highest BCUT2D eigenvalue weighted by Gasteiger charge is 2.29. The molecule has 2 aliphatic heterocycles. The van der Waals surface area contributed by atoms with Crippen LogP contribution in [0.15, 0.2) is 4.99 Å². The van der Waals surface area contributed by atoms with Gasteiger partial charge in [-0.1, -0.05) is 0 Å². The monoisotopic (exact) mass is 425 g/mol. The zero-order chi connectivity index (χ0) is 22.1. The Hall–Kier alpha value is -2.03. The normalized spacial score (nSPS) is 21.4. The van der Waals surface area contributed by atoms with E-state index in [0.29, 0.717) is 26.2 Å². The van der Waals surface area contributed by atoms with Crippen LogP contribution in [0, 0.1) is 5.92 Å². The zero-order valence-corrected chi connectivity index (χ0v) is 19.3. The molecule has 0 radical (unpaired) electrons. The second-order valence-electron chi connectivity index (χ2n) is 8.82. The van der Waals surface area contributed by atoms with E-state index in [1.165, 1.54) is 0 Å². The minimum Gasteiger partial charge on any atom is -0.466 e. The predicted octanol–water partition coefficient (Wildman–Crippen LogP) is 1.39. The summed E-state index contributed by atoms with van der Waals surface area (Å²) in [5, 5.41) is 3.42. The van der Waals surface area contributed by atoms with Gasteiger partial charge in [0, 0.05) is 59.4 Å². The Morgan fingerprint density at radius 1 is 1.10 bits per heavy atom. The van der Waals surface area contributed by atoms with Gasteiger partial charge in [-0.25, -0.2) is 4.79 Å². The van der Waals surface area contributed by atoms with E-state index >= 15 is 0 Å². The van der Waals surface area contributed by atoms with Crippen molar-refractivity contribution in [3.63, 3.8) is 0 Å². The summed E-state index contributed by atoms with van der Waals surface area (Å²) in [7, 11) is 1.77. The SMILES string of the molecule is CCOC(=O)C1CCCN(C(=NC)NCCN2CCN(C(=O)OC(C)(C)C)CC2)C1. The van der Waals surface area contributed by atoms with Crippen LogP contribution in [0.1, 0.15) is 40.5 Å². The smallest absolute Gasteiger partial charge is 0.410 e. The Bertz CT molecular complexity index is 597. The standard InChI is InChI=1S/C21H39N5O4/c1-6-29-18(27)17-8-7-10-26(16-17)19(22-5)23-9-11-24-12-14-25(15-13-24)20(28)30-21(2,3)4/h17H,6-16H2,1-5H3,(H,22,23). The van der Waals surface area contributed by atoms with E-state index in [1.54, 1.807) is 11.9 Å². The number of nitrogens with zero attached hydrogens (tertiary/aromatic N) is 4. The summed E-state index contributed by atoms with van der Waals surface area (Å²) in [5.41, 5.74) is -0.464. The molecule has 172 valence electrons. The molecule has 0 aliphatic carbocycles. The Morgan fingerprint density at radius 3 is 2.40 bits per heavy atom. The van der Waals surface area contributed by atoms with Crippen LogP contribution in [0.4, 0.5) is 4.79 Å².